The van der Waals surface area contributed by atoms with Crippen molar-refractivity contribution in [2.75, 3.05) is 6.54 Å². The minimum Gasteiger partial charge on any atom is -0.351 e. The third-order valence-corrected chi connectivity index (χ3v) is 4.16. The minimum atomic E-state index is -0.246. The summed E-state index contributed by atoms with van der Waals surface area (Å²) in [5.41, 5.74) is 2.11. The van der Waals surface area contributed by atoms with Crippen LogP contribution in [0.4, 0.5) is 0 Å². The van der Waals surface area contributed by atoms with E-state index in [9.17, 15) is 9.59 Å². The number of benzene rings is 1. The molecule has 0 unspecified atom stereocenters. The Kier molecular flexibility index (Phi) is 4.83. The first kappa shape index (κ1) is 17.5. The second kappa shape index (κ2) is 7.75. The molecule has 3 heterocycles. The van der Waals surface area contributed by atoms with E-state index in [-0.39, 0.29) is 11.6 Å². The summed E-state index contributed by atoms with van der Waals surface area (Å²) in [5, 5.41) is 11.3. The number of nitrogens with zero attached hydrogens (tertiary/aromatic N) is 5. The largest absolute Gasteiger partial charge is 0.351 e. The molecule has 0 atom stereocenters. The standard InChI is InChI=1S/C20H18N6O2/c27-19(10-9-16-14-22-26(15-16)17-6-2-1-3-7-17)21-11-13-25-20(28)24-12-5-4-8-18(24)23-25/h1-10,12,14-15H,11,13H2,(H,21,27)/b10-9+. The Labute approximate surface area is 160 Å². The summed E-state index contributed by atoms with van der Waals surface area (Å²) in [4.78, 5) is 24.2. The van der Waals surface area contributed by atoms with Gasteiger partial charge in [0.2, 0.25) is 5.91 Å². The van der Waals surface area contributed by atoms with Crippen molar-refractivity contribution >= 4 is 17.6 Å². The van der Waals surface area contributed by atoms with Gasteiger partial charge >= 0.3 is 5.69 Å². The van der Waals surface area contributed by atoms with Crippen LogP contribution in [-0.4, -0.2) is 36.4 Å². The van der Waals surface area contributed by atoms with Gasteiger partial charge in [-0.15, -0.1) is 5.10 Å². The molecule has 0 aliphatic rings. The van der Waals surface area contributed by atoms with E-state index < -0.39 is 0 Å². The van der Waals surface area contributed by atoms with Crippen molar-refractivity contribution in [2.45, 2.75) is 6.54 Å². The van der Waals surface area contributed by atoms with Crippen LogP contribution in [0.2, 0.25) is 0 Å². The van der Waals surface area contributed by atoms with E-state index in [0.717, 1.165) is 11.3 Å². The molecule has 0 aliphatic heterocycles. The number of para-hydroxylation sites is 1. The number of hydrogen-bond donors (Lipinski definition) is 1. The molecule has 0 radical (unpaired) electrons. The number of carbonyl (C=O) groups is 1. The van der Waals surface area contributed by atoms with Crippen LogP contribution in [0.3, 0.4) is 0 Å². The third-order valence-electron chi connectivity index (χ3n) is 4.16. The molecule has 0 fully saturated rings. The van der Waals surface area contributed by atoms with Gasteiger partial charge in [-0.3, -0.25) is 9.20 Å². The summed E-state index contributed by atoms with van der Waals surface area (Å²) in [7, 11) is 0. The van der Waals surface area contributed by atoms with E-state index in [2.05, 4.69) is 15.5 Å². The Morgan fingerprint density at radius 1 is 1.11 bits per heavy atom. The molecule has 8 heteroatoms. The van der Waals surface area contributed by atoms with Crippen molar-refractivity contribution in [3.63, 3.8) is 0 Å². The number of aromatic nitrogens is 5. The lowest BCUT2D eigenvalue weighted by atomic mass is 10.3. The van der Waals surface area contributed by atoms with Gasteiger partial charge in [-0.25, -0.2) is 14.2 Å². The predicted octanol–water partition coefficient (Wildman–Crippen LogP) is 1.51. The topological polar surface area (TPSA) is 86.2 Å². The average Bonchev–Trinajstić information content (AvgIpc) is 3.33. The Morgan fingerprint density at radius 2 is 1.93 bits per heavy atom. The molecule has 1 N–H and O–H groups in total. The lowest BCUT2D eigenvalue weighted by Gasteiger charge is -2.01. The van der Waals surface area contributed by atoms with Crippen molar-refractivity contribution < 1.29 is 4.79 Å². The lowest BCUT2D eigenvalue weighted by Crippen LogP contribution is -2.30. The molecule has 1 aromatic carbocycles. The van der Waals surface area contributed by atoms with Gasteiger partial charge in [0, 0.05) is 30.6 Å². The van der Waals surface area contributed by atoms with Crippen LogP contribution in [0.15, 0.2) is 78.0 Å². The number of carbonyl (C=O) groups excluding carboxylic acids is 1. The maximum atomic E-state index is 12.2. The van der Waals surface area contributed by atoms with Gasteiger partial charge in [-0.1, -0.05) is 24.3 Å². The SMILES string of the molecule is O=C(/C=C/c1cnn(-c2ccccc2)c1)NCCn1nc2ccccn2c1=O. The first-order valence-electron chi connectivity index (χ1n) is 8.81. The molecule has 4 rings (SSSR count). The molecular formula is C20H18N6O2. The first-order chi connectivity index (χ1) is 13.7. The summed E-state index contributed by atoms with van der Waals surface area (Å²) in [6, 6.07) is 15.1. The molecule has 140 valence electrons. The van der Waals surface area contributed by atoms with E-state index in [1.165, 1.54) is 15.2 Å². The molecule has 1 amide bonds. The summed E-state index contributed by atoms with van der Waals surface area (Å²) in [6.45, 7) is 0.599. The maximum absolute atomic E-state index is 12.2. The summed E-state index contributed by atoms with van der Waals surface area (Å²) < 4.78 is 4.54. The maximum Gasteiger partial charge on any atom is 0.350 e. The molecular weight excluding hydrogens is 356 g/mol. The molecule has 0 saturated heterocycles. The van der Waals surface area contributed by atoms with Crippen LogP contribution >= 0.6 is 0 Å². The lowest BCUT2D eigenvalue weighted by molar-refractivity contribution is -0.116. The molecule has 28 heavy (non-hydrogen) atoms. The quantitative estimate of drug-likeness (QED) is 0.519. The zero-order valence-corrected chi connectivity index (χ0v) is 15.0. The van der Waals surface area contributed by atoms with Crippen LogP contribution in [-0.2, 0) is 11.3 Å². The number of rotatable bonds is 6. The van der Waals surface area contributed by atoms with Crippen molar-refractivity contribution in [3.8, 4) is 5.69 Å². The van der Waals surface area contributed by atoms with E-state index in [1.54, 1.807) is 35.3 Å². The van der Waals surface area contributed by atoms with Crippen LogP contribution in [0.25, 0.3) is 17.4 Å². The van der Waals surface area contributed by atoms with Gasteiger partial charge < -0.3 is 5.32 Å². The summed E-state index contributed by atoms with van der Waals surface area (Å²) in [6.07, 6.45) is 8.33. The summed E-state index contributed by atoms with van der Waals surface area (Å²) >= 11 is 0. The fraction of sp³-hybridized carbons (Fsp3) is 0.100. The van der Waals surface area contributed by atoms with Gasteiger partial charge in [0.05, 0.1) is 18.4 Å². The smallest absolute Gasteiger partial charge is 0.350 e. The first-order valence-corrected chi connectivity index (χ1v) is 8.81. The molecule has 0 aliphatic carbocycles. The third kappa shape index (κ3) is 3.75. The number of amides is 1. The minimum absolute atomic E-state index is 0.228. The van der Waals surface area contributed by atoms with E-state index in [1.807, 2.05) is 42.6 Å². The molecule has 3 aromatic heterocycles. The van der Waals surface area contributed by atoms with Gasteiger partial charge in [0.1, 0.15) is 0 Å². The predicted molar refractivity (Wildman–Crippen MR) is 105 cm³/mol. The molecule has 0 bridgehead atoms. The highest BCUT2D eigenvalue weighted by Gasteiger charge is 2.05. The highest BCUT2D eigenvalue weighted by molar-refractivity contribution is 5.91. The highest BCUT2D eigenvalue weighted by atomic mass is 16.2. The van der Waals surface area contributed by atoms with E-state index in [4.69, 9.17) is 0 Å². The molecule has 8 nitrogen and oxygen atoms in total. The Balaban J connectivity index is 1.32. The second-order valence-corrected chi connectivity index (χ2v) is 6.11. The van der Waals surface area contributed by atoms with Crippen molar-refractivity contribution in [1.82, 2.24) is 29.3 Å². The fourth-order valence-electron chi connectivity index (χ4n) is 2.77. The van der Waals surface area contributed by atoms with Gasteiger partial charge in [-0.2, -0.15) is 5.10 Å². The van der Waals surface area contributed by atoms with Gasteiger partial charge in [0.15, 0.2) is 5.65 Å². The van der Waals surface area contributed by atoms with Crippen LogP contribution in [0.5, 0.6) is 0 Å². The van der Waals surface area contributed by atoms with Crippen molar-refractivity contribution in [1.29, 1.82) is 0 Å². The highest BCUT2D eigenvalue weighted by Crippen LogP contribution is 2.08. The molecule has 0 spiro atoms. The van der Waals surface area contributed by atoms with Crippen LogP contribution in [0, 0.1) is 0 Å². The molecule has 4 aromatic rings. The van der Waals surface area contributed by atoms with Crippen LogP contribution in [0.1, 0.15) is 5.56 Å². The Hall–Kier alpha value is -3.94. The Bertz CT molecular complexity index is 1190. The summed E-state index contributed by atoms with van der Waals surface area (Å²) in [5.74, 6) is -0.246. The number of nitrogens with one attached hydrogen (secondary N) is 1. The zero-order chi connectivity index (χ0) is 19.3. The average molecular weight is 374 g/mol. The number of pyridine rings is 1. The van der Waals surface area contributed by atoms with Crippen LogP contribution < -0.4 is 11.0 Å². The monoisotopic (exact) mass is 374 g/mol. The van der Waals surface area contributed by atoms with Crippen molar-refractivity contribution in [2.24, 2.45) is 0 Å². The number of fused-ring (bicyclic) bond motifs is 1. The zero-order valence-electron chi connectivity index (χ0n) is 15.0. The van der Waals surface area contributed by atoms with E-state index in [0.29, 0.717) is 18.7 Å². The fourth-order valence-corrected chi connectivity index (χ4v) is 2.77. The number of hydrogen-bond acceptors (Lipinski definition) is 4. The normalized spacial score (nSPS) is 11.3. The van der Waals surface area contributed by atoms with Gasteiger partial charge in [-0.05, 0) is 30.3 Å². The molecule has 0 saturated carbocycles. The van der Waals surface area contributed by atoms with Crippen molar-refractivity contribution in [3.05, 3.63) is 89.2 Å². The Morgan fingerprint density at radius 3 is 2.75 bits per heavy atom. The van der Waals surface area contributed by atoms with Gasteiger partial charge in [0.25, 0.3) is 0 Å². The van der Waals surface area contributed by atoms with E-state index >= 15 is 0 Å². The second-order valence-electron chi connectivity index (χ2n) is 6.11.